The van der Waals surface area contributed by atoms with Crippen LogP contribution in [0.15, 0.2) is 60.8 Å². The number of rotatable bonds is 6. The van der Waals surface area contributed by atoms with Gasteiger partial charge in [-0.25, -0.2) is 4.98 Å². The van der Waals surface area contributed by atoms with Gasteiger partial charge in [0.05, 0.1) is 11.7 Å². The average molecular weight is 388 g/mol. The SMILES string of the molecule is CC(C)Oc1ccc(Nc2ccnc(Nc3ccc(C(F)(F)F)cc3)n2)cc1. The maximum Gasteiger partial charge on any atom is 0.416 e. The molecule has 5 nitrogen and oxygen atoms in total. The largest absolute Gasteiger partial charge is 0.491 e. The Morgan fingerprint density at radius 1 is 0.857 bits per heavy atom. The van der Waals surface area contributed by atoms with Gasteiger partial charge in [0.2, 0.25) is 5.95 Å². The van der Waals surface area contributed by atoms with Crippen LogP contribution in [0, 0.1) is 0 Å². The van der Waals surface area contributed by atoms with Crippen molar-refractivity contribution in [3.05, 3.63) is 66.4 Å². The van der Waals surface area contributed by atoms with Gasteiger partial charge in [-0.05, 0) is 68.4 Å². The number of nitrogens with one attached hydrogen (secondary N) is 2. The molecule has 1 aromatic heterocycles. The summed E-state index contributed by atoms with van der Waals surface area (Å²) in [5.41, 5.74) is 0.565. The molecule has 0 atom stereocenters. The zero-order chi connectivity index (χ0) is 20.1. The molecular weight excluding hydrogens is 369 g/mol. The molecule has 0 amide bonds. The van der Waals surface area contributed by atoms with E-state index in [0.717, 1.165) is 23.6 Å². The Balaban J connectivity index is 1.67. The van der Waals surface area contributed by atoms with Crippen molar-refractivity contribution >= 4 is 23.1 Å². The second-order valence-electron chi connectivity index (χ2n) is 6.28. The summed E-state index contributed by atoms with van der Waals surface area (Å²) in [6, 6.07) is 13.8. The fraction of sp³-hybridized carbons (Fsp3) is 0.200. The summed E-state index contributed by atoms with van der Waals surface area (Å²) in [4.78, 5) is 8.41. The maximum atomic E-state index is 12.6. The van der Waals surface area contributed by atoms with Gasteiger partial charge in [0, 0.05) is 17.6 Å². The van der Waals surface area contributed by atoms with Crippen molar-refractivity contribution < 1.29 is 17.9 Å². The zero-order valence-electron chi connectivity index (χ0n) is 15.3. The van der Waals surface area contributed by atoms with Crippen LogP contribution in [0.5, 0.6) is 5.75 Å². The van der Waals surface area contributed by atoms with Crippen LogP contribution < -0.4 is 15.4 Å². The summed E-state index contributed by atoms with van der Waals surface area (Å²) >= 11 is 0. The van der Waals surface area contributed by atoms with E-state index in [1.807, 2.05) is 38.1 Å². The Bertz CT molecular complexity index is 910. The van der Waals surface area contributed by atoms with E-state index < -0.39 is 11.7 Å². The van der Waals surface area contributed by atoms with E-state index in [2.05, 4.69) is 20.6 Å². The molecule has 8 heteroatoms. The molecular formula is C20H19F3N4O. The predicted molar refractivity (Wildman–Crippen MR) is 102 cm³/mol. The highest BCUT2D eigenvalue weighted by Gasteiger charge is 2.29. The van der Waals surface area contributed by atoms with Crippen molar-refractivity contribution in [1.29, 1.82) is 0 Å². The van der Waals surface area contributed by atoms with Gasteiger partial charge in [-0.3, -0.25) is 0 Å². The molecule has 0 unspecified atom stereocenters. The lowest BCUT2D eigenvalue weighted by molar-refractivity contribution is -0.137. The van der Waals surface area contributed by atoms with Gasteiger partial charge >= 0.3 is 6.18 Å². The molecule has 3 aromatic rings. The first-order valence-electron chi connectivity index (χ1n) is 8.61. The Morgan fingerprint density at radius 3 is 2.07 bits per heavy atom. The van der Waals surface area contributed by atoms with Crippen LogP contribution in [-0.4, -0.2) is 16.1 Å². The van der Waals surface area contributed by atoms with Gasteiger partial charge in [-0.1, -0.05) is 0 Å². The van der Waals surface area contributed by atoms with E-state index in [4.69, 9.17) is 4.74 Å². The van der Waals surface area contributed by atoms with E-state index in [1.54, 1.807) is 12.3 Å². The molecule has 0 aliphatic carbocycles. The highest BCUT2D eigenvalue weighted by atomic mass is 19.4. The molecule has 0 bridgehead atoms. The molecule has 0 spiro atoms. The van der Waals surface area contributed by atoms with Crippen molar-refractivity contribution in [1.82, 2.24) is 9.97 Å². The number of alkyl halides is 3. The first-order chi connectivity index (χ1) is 13.3. The fourth-order valence-electron chi connectivity index (χ4n) is 2.40. The lowest BCUT2D eigenvalue weighted by Gasteiger charge is -2.12. The number of halogens is 3. The first kappa shape index (κ1) is 19.5. The molecule has 28 heavy (non-hydrogen) atoms. The molecule has 0 aliphatic rings. The van der Waals surface area contributed by atoms with Crippen LogP contribution in [0.1, 0.15) is 19.4 Å². The lowest BCUT2D eigenvalue weighted by atomic mass is 10.2. The molecule has 0 aliphatic heterocycles. The van der Waals surface area contributed by atoms with Crippen LogP contribution in [0.25, 0.3) is 0 Å². The number of aromatic nitrogens is 2. The van der Waals surface area contributed by atoms with Crippen LogP contribution >= 0.6 is 0 Å². The first-order valence-corrected chi connectivity index (χ1v) is 8.61. The Hall–Kier alpha value is -3.29. The topological polar surface area (TPSA) is 59.1 Å². The summed E-state index contributed by atoms with van der Waals surface area (Å²) in [5.74, 6) is 1.58. The molecule has 0 fully saturated rings. The summed E-state index contributed by atoms with van der Waals surface area (Å²) in [6.07, 6.45) is -2.72. The van der Waals surface area contributed by atoms with Crippen molar-refractivity contribution in [3.63, 3.8) is 0 Å². The molecule has 0 saturated carbocycles. The van der Waals surface area contributed by atoms with Gasteiger partial charge < -0.3 is 15.4 Å². The highest BCUT2D eigenvalue weighted by molar-refractivity contribution is 5.60. The lowest BCUT2D eigenvalue weighted by Crippen LogP contribution is -2.05. The number of hydrogen-bond acceptors (Lipinski definition) is 5. The van der Waals surface area contributed by atoms with Crippen molar-refractivity contribution in [2.45, 2.75) is 26.1 Å². The Labute approximate surface area is 160 Å². The van der Waals surface area contributed by atoms with E-state index in [0.29, 0.717) is 11.5 Å². The molecule has 2 aromatic carbocycles. The van der Waals surface area contributed by atoms with Gasteiger partial charge in [0.1, 0.15) is 11.6 Å². The molecule has 3 rings (SSSR count). The van der Waals surface area contributed by atoms with E-state index in [-0.39, 0.29) is 12.1 Å². The Morgan fingerprint density at radius 2 is 1.46 bits per heavy atom. The van der Waals surface area contributed by atoms with Gasteiger partial charge in [-0.15, -0.1) is 0 Å². The molecule has 1 heterocycles. The third-order valence-electron chi connectivity index (χ3n) is 3.62. The number of nitrogens with zero attached hydrogens (tertiary/aromatic N) is 2. The standard InChI is InChI=1S/C20H19F3N4O/c1-13(2)28-17-9-7-15(8-10-17)25-18-11-12-24-19(27-18)26-16-5-3-14(4-6-16)20(21,22)23/h3-13H,1-2H3,(H2,24,25,26,27). The third-order valence-corrected chi connectivity index (χ3v) is 3.62. The fourth-order valence-corrected chi connectivity index (χ4v) is 2.40. The molecule has 2 N–H and O–H groups in total. The van der Waals surface area contributed by atoms with Gasteiger partial charge in [0.15, 0.2) is 0 Å². The van der Waals surface area contributed by atoms with E-state index in [9.17, 15) is 13.2 Å². The normalized spacial score (nSPS) is 11.4. The number of benzene rings is 2. The minimum atomic E-state index is -4.37. The van der Waals surface area contributed by atoms with Crippen molar-refractivity contribution in [3.8, 4) is 5.75 Å². The van der Waals surface area contributed by atoms with Crippen LogP contribution in [-0.2, 0) is 6.18 Å². The molecule has 0 saturated heterocycles. The Kier molecular flexibility index (Phi) is 5.67. The number of anilines is 4. The molecule has 146 valence electrons. The smallest absolute Gasteiger partial charge is 0.416 e. The monoisotopic (exact) mass is 388 g/mol. The quantitative estimate of drug-likeness (QED) is 0.561. The van der Waals surface area contributed by atoms with E-state index in [1.165, 1.54) is 12.1 Å². The van der Waals surface area contributed by atoms with Gasteiger partial charge in [-0.2, -0.15) is 18.2 Å². The highest BCUT2D eigenvalue weighted by Crippen LogP contribution is 2.30. The number of hydrogen-bond donors (Lipinski definition) is 2. The summed E-state index contributed by atoms with van der Waals surface area (Å²) < 4.78 is 43.5. The molecule has 0 radical (unpaired) electrons. The van der Waals surface area contributed by atoms with Gasteiger partial charge in [0.25, 0.3) is 0 Å². The summed E-state index contributed by atoms with van der Waals surface area (Å²) in [5, 5.41) is 6.03. The third kappa shape index (κ3) is 5.35. The van der Waals surface area contributed by atoms with Crippen LogP contribution in [0.4, 0.5) is 36.3 Å². The second-order valence-corrected chi connectivity index (χ2v) is 6.28. The summed E-state index contributed by atoms with van der Waals surface area (Å²) in [6.45, 7) is 3.91. The predicted octanol–water partition coefficient (Wildman–Crippen LogP) is 5.77. The minimum Gasteiger partial charge on any atom is -0.491 e. The zero-order valence-corrected chi connectivity index (χ0v) is 15.3. The van der Waals surface area contributed by atoms with E-state index >= 15 is 0 Å². The van der Waals surface area contributed by atoms with Crippen LogP contribution in [0.2, 0.25) is 0 Å². The number of ether oxygens (including phenoxy) is 1. The van der Waals surface area contributed by atoms with Crippen molar-refractivity contribution in [2.24, 2.45) is 0 Å². The minimum absolute atomic E-state index is 0.0968. The maximum absolute atomic E-state index is 12.6. The van der Waals surface area contributed by atoms with Crippen LogP contribution in [0.3, 0.4) is 0 Å². The average Bonchev–Trinajstić information content (AvgIpc) is 2.63. The van der Waals surface area contributed by atoms with Crippen molar-refractivity contribution in [2.75, 3.05) is 10.6 Å². The second kappa shape index (κ2) is 8.16. The summed E-state index contributed by atoms with van der Waals surface area (Å²) in [7, 11) is 0.